The first-order valence-corrected chi connectivity index (χ1v) is 5.90. The van der Waals surface area contributed by atoms with E-state index in [4.69, 9.17) is 28.5 Å². The van der Waals surface area contributed by atoms with Crippen molar-refractivity contribution in [3.05, 3.63) is 27.7 Å². The van der Waals surface area contributed by atoms with E-state index < -0.39 is 5.41 Å². The number of nitrogens with zero attached hydrogens (tertiary/aromatic N) is 1. The van der Waals surface area contributed by atoms with Crippen molar-refractivity contribution in [2.45, 2.75) is 20.4 Å². The van der Waals surface area contributed by atoms with E-state index in [9.17, 15) is 5.11 Å². The number of rotatable bonds is 4. The fraction of sp³-hybridized carbons (Fsp3) is 0.417. The molecule has 0 radical (unpaired) electrons. The molecular formula is C12H14Cl2N2O. The van der Waals surface area contributed by atoms with E-state index in [1.807, 2.05) is 13.8 Å². The Hall–Kier alpha value is -0.950. The van der Waals surface area contributed by atoms with Crippen LogP contribution in [0.3, 0.4) is 0 Å². The van der Waals surface area contributed by atoms with Crippen molar-refractivity contribution in [3.63, 3.8) is 0 Å². The second-order valence-corrected chi connectivity index (χ2v) is 5.34. The minimum Gasteiger partial charge on any atom is -0.506 e. The summed E-state index contributed by atoms with van der Waals surface area (Å²) in [5.74, 6) is 0.0262. The van der Waals surface area contributed by atoms with Crippen LogP contribution in [-0.4, -0.2) is 11.7 Å². The van der Waals surface area contributed by atoms with Gasteiger partial charge in [0.05, 0.1) is 16.5 Å². The highest BCUT2D eigenvalue weighted by Gasteiger charge is 2.16. The normalized spacial score (nSPS) is 11.2. The number of nitriles is 1. The van der Waals surface area contributed by atoms with E-state index in [1.54, 1.807) is 6.07 Å². The van der Waals surface area contributed by atoms with Crippen LogP contribution in [0.25, 0.3) is 0 Å². The lowest BCUT2D eigenvalue weighted by atomic mass is 9.96. The van der Waals surface area contributed by atoms with Gasteiger partial charge in [-0.3, -0.25) is 0 Å². The van der Waals surface area contributed by atoms with Crippen molar-refractivity contribution in [2.75, 3.05) is 6.54 Å². The Morgan fingerprint density at radius 3 is 2.65 bits per heavy atom. The van der Waals surface area contributed by atoms with Crippen LogP contribution in [0.2, 0.25) is 10.0 Å². The number of benzene rings is 1. The summed E-state index contributed by atoms with van der Waals surface area (Å²) in [5, 5.41) is 22.4. The van der Waals surface area contributed by atoms with Crippen molar-refractivity contribution in [1.82, 2.24) is 5.32 Å². The lowest BCUT2D eigenvalue weighted by Crippen LogP contribution is -2.27. The molecule has 3 nitrogen and oxygen atoms in total. The van der Waals surface area contributed by atoms with E-state index in [-0.39, 0.29) is 10.8 Å². The highest BCUT2D eigenvalue weighted by molar-refractivity contribution is 6.35. The molecule has 0 saturated carbocycles. The molecule has 0 bridgehead atoms. The topological polar surface area (TPSA) is 56.0 Å². The van der Waals surface area contributed by atoms with Gasteiger partial charge in [-0.2, -0.15) is 5.26 Å². The maximum atomic E-state index is 9.71. The van der Waals surface area contributed by atoms with Crippen molar-refractivity contribution < 1.29 is 5.11 Å². The average molecular weight is 273 g/mol. The highest BCUT2D eigenvalue weighted by atomic mass is 35.5. The molecule has 0 amide bonds. The van der Waals surface area contributed by atoms with Crippen LogP contribution in [0.4, 0.5) is 0 Å². The highest BCUT2D eigenvalue weighted by Crippen LogP contribution is 2.31. The third-order valence-corrected chi connectivity index (χ3v) is 2.80. The van der Waals surface area contributed by atoms with Crippen LogP contribution < -0.4 is 5.32 Å². The summed E-state index contributed by atoms with van der Waals surface area (Å²) in [6, 6.07) is 5.32. The molecule has 0 aliphatic heterocycles. The molecule has 5 heteroatoms. The first-order valence-electron chi connectivity index (χ1n) is 5.14. The summed E-state index contributed by atoms with van der Waals surface area (Å²) in [6.45, 7) is 4.61. The Morgan fingerprint density at radius 1 is 1.41 bits per heavy atom. The molecular weight excluding hydrogens is 259 g/mol. The molecule has 0 atom stereocenters. The zero-order chi connectivity index (χ0) is 13.1. The third-order valence-electron chi connectivity index (χ3n) is 2.29. The fourth-order valence-electron chi connectivity index (χ4n) is 1.30. The summed E-state index contributed by atoms with van der Waals surface area (Å²) >= 11 is 11.6. The summed E-state index contributed by atoms with van der Waals surface area (Å²) < 4.78 is 0. The molecule has 92 valence electrons. The van der Waals surface area contributed by atoms with Gasteiger partial charge in [0, 0.05) is 23.7 Å². The Labute approximate surface area is 111 Å². The van der Waals surface area contributed by atoms with Crippen LogP contribution in [0.1, 0.15) is 19.4 Å². The van der Waals surface area contributed by atoms with Gasteiger partial charge in [0.2, 0.25) is 0 Å². The molecule has 0 unspecified atom stereocenters. The smallest absolute Gasteiger partial charge is 0.138 e. The summed E-state index contributed by atoms with van der Waals surface area (Å²) in [4.78, 5) is 0. The molecule has 0 fully saturated rings. The monoisotopic (exact) mass is 272 g/mol. The van der Waals surface area contributed by atoms with Crippen LogP contribution in [0, 0.1) is 16.7 Å². The van der Waals surface area contributed by atoms with Crippen LogP contribution in [0.15, 0.2) is 12.1 Å². The van der Waals surface area contributed by atoms with Gasteiger partial charge in [0.25, 0.3) is 0 Å². The minimum atomic E-state index is -0.446. The molecule has 17 heavy (non-hydrogen) atoms. The average Bonchev–Trinajstić information content (AvgIpc) is 2.24. The lowest BCUT2D eigenvalue weighted by Gasteiger charge is -2.16. The van der Waals surface area contributed by atoms with Crippen molar-refractivity contribution in [2.24, 2.45) is 5.41 Å². The maximum absolute atomic E-state index is 9.71. The number of hydrogen-bond donors (Lipinski definition) is 2. The van der Waals surface area contributed by atoms with E-state index in [2.05, 4.69) is 11.4 Å². The van der Waals surface area contributed by atoms with Crippen LogP contribution in [-0.2, 0) is 6.54 Å². The van der Waals surface area contributed by atoms with Crippen LogP contribution >= 0.6 is 23.2 Å². The molecule has 0 spiro atoms. The van der Waals surface area contributed by atoms with Crippen molar-refractivity contribution >= 4 is 23.2 Å². The van der Waals surface area contributed by atoms with Gasteiger partial charge < -0.3 is 10.4 Å². The Balaban J connectivity index is 2.68. The Kier molecular flexibility index (Phi) is 4.64. The Bertz CT molecular complexity index is 453. The quantitative estimate of drug-likeness (QED) is 0.884. The molecule has 1 rings (SSSR count). The molecule has 1 aromatic carbocycles. The molecule has 0 saturated heterocycles. The second kappa shape index (κ2) is 5.59. The molecule has 0 aromatic heterocycles. The number of hydrogen-bond acceptors (Lipinski definition) is 3. The first kappa shape index (κ1) is 14.1. The summed E-state index contributed by atoms with van der Waals surface area (Å²) in [7, 11) is 0. The van der Waals surface area contributed by atoms with Gasteiger partial charge in [-0.05, 0) is 26.0 Å². The van der Waals surface area contributed by atoms with Gasteiger partial charge in [-0.15, -0.1) is 0 Å². The number of phenols is 1. The number of halogens is 2. The maximum Gasteiger partial charge on any atom is 0.138 e. The molecule has 2 N–H and O–H groups in total. The predicted molar refractivity (Wildman–Crippen MR) is 69.2 cm³/mol. The van der Waals surface area contributed by atoms with E-state index in [0.717, 1.165) is 0 Å². The fourth-order valence-corrected chi connectivity index (χ4v) is 1.84. The van der Waals surface area contributed by atoms with E-state index in [0.29, 0.717) is 23.7 Å². The van der Waals surface area contributed by atoms with Gasteiger partial charge in [-0.25, -0.2) is 0 Å². The van der Waals surface area contributed by atoms with Crippen molar-refractivity contribution in [1.29, 1.82) is 5.26 Å². The number of nitrogens with one attached hydrogen (secondary N) is 1. The van der Waals surface area contributed by atoms with Crippen molar-refractivity contribution in [3.8, 4) is 11.8 Å². The van der Waals surface area contributed by atoms with Crippen LogP contribution in [0.5, 0.6) is 5.75 Å². The predicted octanol–water partition coefficient (Wildman–Crippen LogP) is 3.34. The van der Waals surface area contributed by atoms with Gasteiger partial charge >= 0.3 is 0 Å². The molecule has 0 aliphatic carbocycles. The second-order valence-electron chi connectivity index (χ2n) is 4.49. The SMILES string of the molecule is CC(C)(C#N)CNCc1cc(Cl)cc(Cl)c1O. The zero-order valence-corrected chi connectivity index (χ0v) is 11.2. The van der Waals surface area contributed by atoms with E-state index in [1.165, 1.54) is 6.07 Å². The van der Waals surface area contributed by atoms with Gasteiger partial charge in [0.1, 0.15) is 5.75 Å². The molecule has 0 aliphatic rings. The van der Waals surface area contributed by atoms with E-state index >= 15 is 0 Å². The first-order chi connectivity index (χ1) is 7.85. The van der Waals surface area contributed by atoms with Gasteiger partial charge in [-0.1, -0.05) is 23.2 Å². The van der Waals surface area contributed by atoms with Gasteiger partial charge in [0.15, 0.2) is 0 Å². The summed E-state index contributed by atoms with van der Waals surface area (Å²) in [5.41, 5.74) is 0.175. The zero-order valence-electron chi connectivity index (χ0n) is 9.72. The summed E-state index contributed by atoms with van der Waals surface area (Å²) in [6.07, 6.45) is 0. The minimum absolute atomic E-state index is 0.0262. The molecule has 0 heterocycles. The third kappa shape index (κ3) is 4.08. The lowest BCUT2D eigenvalue weighted by molar-refractivity contribution is 0.433. The molecule has 1 aromatic rings. The standard InChI is InChI=1S/C12H14Cl2N2O/c1-12(2,6-15)7-16-5-8-3-9(13)4-10(14)11(8)17/h3-4,16-17H,5,7H2,1-2H3. The Morgan fingerprint density at radius 2 is 2.06 bits per heavy atom. The number of aromatic hydroxyl groups is 1. The number of phenolic OH excluding ortho intramolecular Hbond substituents is 1. The largest absolute Gasteiger partial charge is 0.506 e.